The molecule has 1 saturated heterocycles. The van der Waals surface area contributed by atoms with Gasteiger partial charge in [0.25, 0.3) is 5.91 Å². The van der Waals surface area contributed by atoms with Crippen LogP contribution < -0.4 is 10.4 Å². The molecule has 1 aromatic heterocycles. The molecule has 3 aromatic rings. The number of fused-ring (bicyclic) bond motifs is 1. The normalized spacial score (nSPS) is 16.3. The molecule has 2 heterocycles. The van der Waals surface area contributed by atoms with E-state index in [9.17, 15) is 19.5 Å². The van der Waals surface area contributed by atoms with Crippen LogP contribution in [-0.4, -0.2) is 41.1 Å². The number of halogens is 1. The van der Waals surface area contributed by atoms with Crippen LogP contribution in [0.3, 0.4) is 0 Å². The summed E-state index contributed by atoms with van der Waals surface area (Å²) in [5.74, 6) is -0.917. The zero-order chi connectivity index (χ0) is 24.4. The van der Waals surface area contributed by atoms with Crippen LogP contribution in [0.2, 0.25) is 5.02 Å². The molecule has 0 bridgehead atoms. The molecule has 178 valence electrons. The van der Waals surface area contributed by atoms with Gasteiger partial charge in [-0.25, -0.2) is 4.79 Å². The molecule has 1 amide bonds. The molecule has 1 fully saturated rings. The molecule has 34 heavy (non-hydrogen) atoms. The Morgan fingerprint density at radius 3 is 2.47 bits per heavy atom. The Hall–Kier alpha value is -3.32. The predicted octanol–water partition coefficient (Wildman–Crippen LogP) is 4.84. The molecular weight excluding hydrogens is 458 g/mol. The third-order valence-electron chi connectivity index (χ3n) is 6.49. The van der Waals surface area contributed by atoms with Gasteiger partial charge in [0.05, 0.1) is 5.92 Å². The number of nitrogens with zero attached hydrogens (tertiary/aromatic N) is 1. The van der Waals surface area contributed by atoms with E-state index in [1.165, 1.54) is 6.07 Å². The number of aliphatic carboxylic acids is 1. The quantitative estimate of drug-likeness (QED) is 0.504. The second-order valence-electron chi connectivity index (χ2n) is 8.67. The Morgan fingerprint density at radius 2 is 1.79 bits per heavy atom. The SMILES string of the molecule is CC(Oc1ccc2c(-c3ccccc3Cl)cc(=O)oc2c1)C(=O)N1CCC(C(C)C(=O)O)CC1. The smallest absolute Gasteiger partial charge is 0.336 e. The summed E-state index contributed by atoms with van der Waals surface area (Å²) >= 11 is 6.33. The maximum atomic E-state index is 12.9. The van der Waals surface area contributed by atoms with Crippen molar-refractivity contribution >= 4 is 34.4 Å². The van der Waals surface area contributed by atoms with E-state index in [2.05, 4.69) is 0 Å². The summed E-state index contributed by atoms with van der Waals surface area (Å²) in [6.45, 7) is 4.39. The van der Waals surface area contributed by atoms with Crippen molar-refractivity contribution in [1.29, 1.82) is 0 Å². The summed E-state index contributed by atoms with van der Waals surface area (Å²) in [6, 6.07) is 13.8. The Balaban J connectivity index is 1.49. The molecule has 0 spiro atoms. The number of carbonyl (C=O) groups is 2. The van der Waals surface area contributed by atoms with Crippen LogP contribution >= 0.6 is 11.6 Å². The van der Waals surface area contributed by atoms with Gasteiger partial charge in [-0.15, -0.1) is 0 Å². The average Bonchev–Trinajstić information content (AvgIpc) is 2.82. The predicted molar refractivity (Wildman–Crippen MR) is 129 cm³/mol. The summed E-state index contributed by atoms with van der Waals surface area (Å²) < 4.78 is 11.3. The lowest BCUT2D eigenvalue weighted by molar-refractivity contribution is -0.144. The fraction of sp³-hybridized carbons (Fsp3) is 0.346. The fourth-order valence-corrected chi connectivity index (χ4v) is 4.69. The largest absolute Gasteiger partial charge is 0.481 e. The minimum absolute atomic E-state index is 0.0634. The monoisotopic (exact) mass is 483 g/mol. The van der Waals surface area contributed by atoms with E-state index in [-0.39, 0.29) is 11.8 Å². The van der Waals surface area contributed by atoms with Crippen LogP contribution in [0.25, 0.3) is 22.1 Å². The molecule has 7 nitrogen and oxygen atoms in total. The van der Waals surface area contributed by atoms with Crippen molar-refractivity contribution in [3.8, 4) is 16.9 Å². The van der Waals surface area contributed by atoms with Gasteiger partial charge in [0, 0.05) is 46.8 Å². The Morgan fingerprint density at radius 1 is 1.09 bits per heavy atom. The lowest BCUT2D eigenvalue weighted by Crippen LogP contribution is -2.46. The second-order valence-corrected chi connectivity index (χ2v) is 9.07. The molecule has 1 aliphatic heterocycles. The van der Waals surface area contributed by atoms with Crippen LogP contribution in [0.15, 0.2) is 57.7 Å². The van der Waals surface area contributed by atoms with Crippen molar-refractivity contribution < 1.29 is 23.8 Å². The van der Waals surface area contributed by atoms with Gasteiger partial charge in [-0.2, -0.15) is 0 Å². The highest BCUT2D eigenvalue weighted by Crippen LogP contribution is 2.34. The zero-order valence-corrected chi connectivity index (χ0v) is 19.7. The van der Waals surface area contributed by atoms with Crippen molar-refractivity contribution in [2.24, 2.45) is 11.8 Å². The first kappa shape index (κ1) is 23.8. The minimum Gasteiger partial charge on any atom is -0.481 e. The molecule has 2 atom stereocenters. The van der Waals surface area contributed by atoms with Gasteiger partial charge in [-0.05, 0) is 43.9 Å². The highest BCUT2D eigenvalue weighted by atomic mass is 35.5. The Kier molecular flexibility index (Phi) is 6.93. The van der Waals surface area contributed by atoms with E-state index in [1.807, 2.05) is 18.2 Å². The number of rotatable bonds is 6. The van der Waals surface area contributed by atoms with Crippen LogP contribution in [0.4, 0.5) is 0 Å². The molecule has 0 aliphatic carbocycles. The maximum absolute atomic E-state index is 12.9. The van der Waals surface area contributed by atoms with Gasteiger partial charge in [0.2, 0.25) is 0 Å². The van der Waals surface area contributed by atoms with E-state index < -0.39 is 23.6 Å². The standard InChI is InChI=1S/C26H26ClNO6/c1-15(26(31)32)17-9-11-28(12-10-17)25(30)16(2)33-18-7-8-20-21(14-24(29)34-23(20)13-18)19-5-3-4-6-22(19)27/h3-8,13-17H,9-12H2,1-2H3,(H,31,32). The van der Waals surface area contributed by atoms with E-state index in [0.29, 0.717) is 53.2 Å². The third kappa shape index (κ3) is 4.94. The third-order valence-corrected chi connectivity index (χ3v) is 6.82. The van der Waals surface area contributed by atoms with Gasteiger partial charge in [0.15, 0.2) is 6.10 Å². The topological polar surface area (TPSA) is 97.0 Å². The number of likely N-dealkylation sites (tertiary alicyclic amines) is 1. The van der Waals surface area contributed by atoms with Gasteiger partial charge in [0.1, 0.15) is 11.3 Å². The number of carboxylic acid groups (broad SMARTS) is 1. The van der Waals surface area contributed by atoms with Crippen LogP contribution in [0.5, 0.6) is 5.75 Å². The summed E-state index contributed by atoms with van der Waals surface area (Å²) in [7, 11) is 0. The first-order valence-corrected chi connectivity index (χ1v) is 11.6. The first-order chi connectivity index (χ1) is 16.2. The second kappa shape index (κ2) is 9.89. The van der Waals surface area contributed by atoms with Crippen LogP contribution in [-0.2, 0) is 9.59 Å². The van der Waals surface area contributed by atoms with Crippen molar-refractivity contribution in [3.05, 3.63) is 64.0 Å². The summed E-state index contributed by atoms with van der Waals surface area (Å²) in [6.07, 6.45) is 0.555. The fourth-order valence-electron chi connectivity index (χ4n) is 4.45. The van der Waals surface area contributed by atoms with Crippen molar-refractivity contribution in [1.82, 2.24) is 4.90 Å². The molecule has 2 aromatic carbocycles. The van der Waals surface area contributed by atoms with Gasteiger partial charge in [-0.1, -0.05) is 36.7 Å². The zero-order valence-electron chi connectivity index (χ0n) is 19.0. The Bertz CT molecular complexity index is 1280. The average molecular weight is 484 g/mol. The van der Waals surface area contributed by atoms with Crippen molar-refractivity contribution in [3.63, 3.8) is 0 Å². The molecular formula is C26H26ClNO6. The van der Waals surface area contributed by atoms with E-state index in [0.717, 1.165) is 5.56 Å². The highest BCUT2D eigenvalue weighted by molar-refractivity contribution is 6.33. The number of amides is 1. The maximum Gasteiger partial charge on any atom is 0.336 e. The van der Waals surface area contributed by atoms with Gasteiger partial charge < -0.3 is 19.2 Å². The summed E-state index contributed by atoms with van der Waals surface area (Å²) in [4.78, 5) is 38.0. The lowest BCUT2D eigenvalue weighted by Gasteiger charge is -2.34. The van der Waals surface area contributed by atoms with Crippen molar-refractivity contribution in [2.45, 2.75) is 32.8 Å². The molecule has 1 N–H and O–H groups in total. The molecule has 0 radical (unpaired) electrons. The highest BCUT2D eigenvalue weighted by Gasteiger charge is 2.31. The number of benzene rings is 2. The minimum atomic E-state index is -0.804. The molecule has 1 aliphatic rings. The molecule has 0 saturated carbocycles. The number of hydrogen-bond acceptors (Lipinski definition) is 5. The van der Waals surface area contributed by atoms with Crippen LogP contribution in [0, 0.1) is 11.8 Å². The summed E-state index contributed by atoms with van der Waals surface area (Å²) in [5, 5.41) is 10.4. The van der Waals surface area contributed by atoms with Gasteiger partial charge in [-0.3, -0.25) is 9.59 Å². The van der Waals surface area contributed by atoms with E-state index in [4.69, 9.17) is 20.8 Å². The molecule has 2 unspecified atom stereocenters. The van der Waals surface area contributed by atoms with Crippen molar-refractivity contribution in [2.75, 3.05) is 13.1 Å². The lowest BCUT2D eigenvalue weighted by atomic mass is 9.85. The molecule has 4 rings (SSSR count). The number of piperidine rings is 1. The van der Waals surface area contributed by atoms with Crippen LogP contribution in [0.1, 0.15) is 26.7 Å². The van der Waals surface area contributed by atoms with Gasteiger partial charge >= 0.3 is 11.6 Å². The molecule has 8 heteroatoms. The number of carbonyl (C=O) groups excluding carboxylic acids is 1. The summed E-state index contributed by atoms with van der Waals surface area (Å²) in [5.41, 5.74) is 1.20. The number of carboxylic acids is 1. The van der Waals surface area contributed by atoms with E-state index >= 15 is 0 Å². The van der Waals surface area contributed by atoms with E-state index in [1.54, 1.807) is 43.0 Å². The number of hydrogen-bond donors (Lipinski definition) is 1. The number of ether oxygens (including phenoxy) is 1. The Labute approximate surface area is 201 Å². The first-order valence-electron chi connectivity index (χ1n) is 11.3.